The smallest absolute Gasteiger partial charge is 0.232 e. The Morgan fingerprint density at radius 3 is 3.00 bits per heavy atom. The van der Waals surface area contributed by atoms with Gasteiger partial charge in [0.05, 0.1) is 11.6 Å². The summed E-state index contributed by atoms with van der Waals surface area (Å²) in [5.74, 6) is 0.358. The highest BCUT2D eigenvalue weighted by atomic mass is 35.5. The molecule has 5 heteroatoms. The molecule has 0 radical (unpaired) electrons. The van der Waals surface area contributed by atoms with Crippen molar-refractivity contribution in [2.45, 2.75) is 6.92 Å². The predicted octanol–water partition coefficient (Wildman–Crippen LogP) is 1.77. The molecule has 0 aliphatic heterocycles. The number of furan rings is 1. The van der Waals surface area contributed by atoms with Crippen molar-refractivity contribution in [1.82, 2.24) is 9.97 Å². The third-order valence-corrected chi connectivity index (χ3v) is 1.79. The lowest BCUT2D eigenvalue weighted by molar-refractivity contribution is 0.600. The molecule has 0 unspecified atom stereocenters. The highest BCUT2D eigenvalue weighted by Gasteiger charge is 2.09. The average Bonchev–Trinajstić information content (AvgIpc) is 2.31. The van der Waals surface area contributed by atoms with Crippen molar-refractivity contribution >= 4 is 28.5 Å². The number of hydrogen-bond acceptors (Lipinski definition) is 4. The van der Waals surface area contributed by atoms with Crippen molar-refractivity contribution in [3.8, 4) is 0 Å². The van der Waals surface area contributed by atoms with Crippen molar-refractivity contribution in [3.63, 3.8) is 0 Å². The Hall–Kier alpha value is -1.29. The molecule has 0 aliphatic rings. The number of nitrogens with zero attached hydrogens (tertiary/aromatic N) is 2. The first-order chi connectivity index (χ1) is 5.68. The standard InChI is InChI=1S/C7H6ClN3O/c1-3-2-12-6-4(3)5(9)10-7(8)11-6/h2H,1H3,(H2,9,10,11). The summed E-state index contributed by atoms with van der Waals surface area (Å²) >= 11 is 5.57. The topological polar surface area (TPSA) is 64.9 Å². The second kappa shape index (κ2) is 2.35. The lowest BCUT2D eigenvalue weighted by atomic mass is 10.2. The first-order valence-corrected chi connectivity index (χ1v) is 3.73. The molecule has 4 nitrogen and oxygen atoms in total. The van der Waals surface area contributed by atoms with Crippen LogP contribution in [0, 0.1) is 6.92 Å². The summed E-state index contributed by atoms with van der Waals surface area (Å²) in [6.07, 6.45) is 1.58. The highest BCUT2D eigenvalue weighted by Crippen LogP contribution is 2.24. The molecule has 0 amide bonds. The van der Waals surface area contributed by atoms with Crippen LogP contribution in [-0.4, -0.2) is 9.97 Å². The van der Waals surface area contributed by atoms with E-state index >= 15 is 0 Å². The molecule has 0 saturated heterocycles. The Kier molecular flexibility index (Phi) is 1.44. The van der Waals surface area contributed by atoms with Gasteiger partial charge >= 0.3 is 0 Å². The fourth-order valence-electron chi connectivity index (χ4n) is 1.09. The minimum Gasteiger partial charge on any atom is -0.446 e. The zero-order chi connectivity index (χ0) is 8.72. The molecule has 2 rings (SSSR count). The summed E-state index contributed by atoms with van der Waals surface area (Å²) < 4.78 is 5.09. The molecule has 2 aromatic heterocycles. The van der Waals surface area contributed by atoms with Gasteiger partial charge in [0.25, 0.3) is 0 Å². The molecule has 0 fully saturated rings. The predicted molar refractivity (Wildman–Crippen MR) is 46.0 cm³/mol. The Morgan fingerprint density at radius 2 is 2.25 bits per heavy atom. The van der Waals surface area contributed by atoms with Crippen LogP contribution >= 0.6 is 11.6 Å². The number of fused-ring (bicyclic) bond motifs is 1. The van der Waals surface area contributed by atoms with Crippen LogP contribution in [0.1, 0.15) is 5.56 Å². The van der Waals surface area contributed by atoms with E-state index in [1.54, 1.807) is 6.26 Å². The average molecular weight is 184 g/mol. The SMILES string of the molecule is Cc1coc2nc(Cl)nc(N)c12. The number of nitrogens with two attached hydrogens (primary N) is 1. The second-order valence-corrected chi connectivity index (χ2v) is 2.81. The Morgan fingerprint density at radius 1 is 1.50 bits per heavy atom. The van der Waals surface area contributed by atoms with Gasteiger partial charge in [-0.2, -0.15) is 4.98 Å². The summed E-state index contributed by atoms with van der Waals surface area (Å²) in [5, 5.41) is 0.841. The van der Waals surface area contributed by atoms with Gasteiger partial charge < -0.3 is 10.2 Å². The maximum Gasteiger partial charge on any atom is 0.232 e. The number of rotatable bonds is 0. The minimum atomic E-state index is 0.106. The summed E-state index contributed by atoms with van der Waals surface area (Å²) in [6.45, 7) is 1.87. The summed E-state index contributed by atoms with van der Waals surface area (Å²) in [5.41, 5.74) is 6.96. The van der Waals surface area contributed by atoms with Crippen LogP contribution < -0.4 is 5.73 Å². The molecule has 62 valence electrons. The van der Waals surface area contributed by atoms with Gasteiger partial charge in [0.2, 0.25) is 11.0 Å². The van der Waals surface area contributed by atoms with Crippen molar-refractivity contribution in [2.24, 2.45) is 0 Å². The molecule has 0 saturated carbocycles. The van der Waals surface area contributed by atoms with Crippen LogP contribution in [0.3, 0.4) is 0 Å². The third-order valence-electron chi connectivity index (χ3n) is 1.62. The van der Waals surface area contributed by atoms with E-state index in [1.165, 1.54) is 0 Å². The van der Waals surface area contributed by atoms with Gasteiger partial charge in [-0.15, -0.1) is 0 Å². The van der Waals surface area contributed by atoms with E-state index < -0.39 is 0 Å². The van der Waals surface area contributed by atoms with Crippen LogP contribution in [0.4, 0.5) is 5.82 Å². The number of aryl methyl sites for hydroxylation is 1. The molecular weight excluding hydrogens is 178 g/mol. The molecular formula is C7H6ClN3O. The normalized spacial score (nSPS) is 10.8. The molecule has 0 aliphatic carbocycles. The molecule has 0 bridgehead atoms. The van der Waals surface area contributed by atoms with Crippen molar-refractivity contribution < 1.29 is 4.42 Å². The molecule has 2 heterocycles. The first-order valence-electron chi connectivity index (χ1n) is 3.35. The van der Waals surface area contributed by atoms with Gasteiger partial charge in [-0.05, 0) is 18.5 Å². The summed E-state index contributed by atoms with van der Waals surface area (Å²) in [7, 11) is 0. The van der Waals surface area contributed by atoms with E-state index in [0.717, 1.165) is 10.9 Å². The molecule has 0 spiro atoms. The summed E-state index contributed by atoms with van der Waals surface area (Å²) in [4.78, 5) is 7.67. The monoisotopic (exact) mass is 183 g/mol. The Labute approximate surface area is 73.4 Å². The van der Waals surface area contributed by atoms with E-state index in [4.69, 9.17) is 21.8 Å². The van der Waals surface area contributed by atoms with E-state index in [-0.39, 0.29) is 5.28 Å². The largest absolute Gasteiger partial charge is 0.446 e. The maximum absolute atomic E-state index is 5.61. The van der Waals surface area contributed by atoms with Gasteiger partial charge in [-0.1, -0.05) is 0 Å². The molecule has 2 aromatic rings. The number of nitrogen functional groups attached to an aromatic ring is 1. The Balaban J connectivity index is 2.93. The lowest BCUT2D eigenvalue weighted by Gasteiger charge is -1.94. The van der Waals surface area contributed by atoms with Gasteiger partial charge in [0.1, 0.15) is 5.82 Å². The van der Waals surface area contributed by atoms with Crippen LogP contribution in [0.25, 0.3) is 11.1 Å². The van der Waals surface area contributed by atoms with Gasteiger partial charge in [0.15, 0.2) is 0 Å². The molecule has 0 aromatic carbocycles. The van der Waals surface area contributed by atoms with E-state index in [9.17, 15) is 0 Å². The maximum atomic E-state index is 5.61. The zero-order valence-corrected chi connectivity index (χ0v) is 7.09. The van der Waals surface area contributed by atoms with Gasteiger partial charge in [-0.25, -0.2) is 4.98 Å². The first kappa shape index (κ1) is 7.36. The molecule has 2 N–H and O–H groups in total. The van der Waals surface area contributed by atoms with E-state index in [2.05, 4.69) is 9.97 Å². The lowest BCUT2D eigenvalue weighted by Crippen LogP contribution is -1.93. The number of halogens is 1. The van der Waals surface area contributed by atoms with E-state index in [1.807, 2.05) is 6.92 Å². The third kappa shape index (κ3) is 0.921. The molecule has 0 atom stereocenters. The quantitative estimate of drug-likeness (QED) is 0.633. The van der Waals surface area contributed by atoms with Crippen molar-refractivity contribution in [1.29, 1.82) is 0 Å². The molecule has 12 heavy (non-hydrogen) atoms. The fraction of sp³-hybridized carbons (Fsp3) is 0.143. The number of anilines is 1. The van der Waals surface area contributed by atoms with E-state index in [0.29, 0.717) is 11.5 Å². The highest BCUT2D eigenvalue weighted by molar-refractivity contribution is 6.28. The van der Waals surface area contributed by atoms with Crippen LogP contribution in [0.15, 0.2) is 10.7 Å². The number of aromatic nitrogens is 2. The van der Waals surface area contributed by atoms with Crippen LogP contribution in [0.2, 0.25) is 5.28 Å². The second-order valence-electron chi connectivity index (χ2n) is 2.48. The zero-order valence-electron chi connectivity index (χ0n) is 6.34. The van der Waals surface area contributed by atoms with Crippen molar-refractivity contribution in [3.05, 3.63) is 17.1 Å². The Bertz CT molecular complexity index is 437. The van der Waals surface area contributed by atoms with Gasteiger partial charge in [0, 0.05) is 5.56 Å². The van der Waals surface area contributed by atoms with Crippen molar-refractivity contribution in [2.75, 3.05) is 5.73 Å². The van der Waals surface area contributed by atoms with Crippen LogP contribution in [-0.2, 0) is 0 Å². The minimum absolute atomic E-state index is 0.106. The number of hydrogen-bond donors (Lipinski definition) is 1. The van der Waals surface area contributed by atoms with Crippen LogP contribution in [0.5, 0.6) is 0 Å². The summed E-state index contributed by atoms with van der Waals surface area (Å²) in [6, 6.07) is 0. The van der Waals surface area contributed by atoms with Gasteiger partial charge in [-0.3, -0.25) is 0 Å². The fourth-order valence-corrected chi connectivity index (χ4v) is 1.26.